The lowest BCUT2D eigenvalue weighted by Gasteiger charge is -2.29. The molecule has 68 heavy (non-hydrogen) atoms. The van der Waals surface area contributed by atoms with Crippen LogP contribution in [0.25, 0.3) is 22.1 Å². The Bertz CT molecular complexity index is 3170. The number of primary amides is 2. The SMILES string of the molecule is CCn1nc(C)cc1C(=O)Nc1nc2cc(C(N)=O)cc(OC)c2n1CC=CCn1c(NC(=O)c2cc(C)nn2CC)nc2cc(C(N)=O)cc(OCC#CC3CCN(S(=O)(=O)C4CC4)CC3)c21. The molecule has 22 heteroatoms. The number of sulfonamides is 1. The van der Waals surface area contributed by atoms with Crippen molar-refractivity contribution in [2.45, 2.75) is 84.8 Å². The Labute approximate surface area is 391 Å². The highest BCUT2D eigenvalue weighted by molar-refractivity contribution is 7.90. The van der Waals surface area contributed by atoms with Gasteiger partial charge in [-0.1, -0.05) is 24.0 Å². The molecule has 1 aliphatic heterocycles. The van der Waals surface area contributed by atoms with Crippen molar-refractivity contribution in [2.75, 3.05) is 37.4 Å². The summed E-state index contributed by atoms with van der Waals surface area (Å²) in [6.45, 7) is 9.22. The number of rotatable bonds is 17. The summed E-state index contributed by atoms with van der Waals surface area (Å²) in [6, 6.07) is 9.39. The molecule has 1 saturated heterocycles. The van der Waals surface area contributed by atoms with Crippen LogP contribution in [0.3, 0.4) is 0 Å². The van der Waals surface area contributed by atoms with E-state index in [1.165, 1.54) is 31.4 Å². The molecule has 0 spiro atoms. The molecule has 21 nitrogen and oxygen atoms in total. The minimum Gasteiger partial charge on any atom is -0.494 e. The number of imidazole rings is 2. The number of amides is 4. The molecular formula is C46H53N13O8S. The van der Waals surface area contributed by atoms with Crippen LogP contribution < -0.4 is 31.6 Å². The zero-order chi connectivity index (χ0) is 48.4. The summed E-state index contributed by atoms with van der Waals surface area (Å²) in [5.74, 6) is 4.77. The normalized spacial score (nSPS) is 14.6. The molecule has 4 amide bonds. The third-order valence-electron chi connectivity index (χ3n) is 11.8. The van der Waals surface area contributed by atoms with E-state index in [1.807, 2.05) is 26.0 Å². The fourth-order valence-corrected chi connectivity index (χ4v) is 10.2. The van der Waals surface area contributed by atoms with Crippen molar-refractivity contribution in [3.8, 4) is 23.3 Å². The predicted molar refractivity (Wildman–Crippen MR) is 253 cm³/mol. The number of piperidine rings is 1. The van der Waals surface area contributed by atoms with Crippen LogP contribution in [-0.2, 0) is 36.2 Å². The van der Waals surface area contributed by atoms with E-state index in [-0.39, 0.29) is 59.6 Å². The van der Waals surface area contributed by atoms with Crippen molar-refractivity contribution >= 4 is 67.6 Å². The lowest BCUT2D eigenvalue weighted by molar-refractivity contribution is 0.0991. The van der Waals surface area contributed by atoms with E-state index in [0.717, 1.165) is 0 Å². The fraction of sp³-hybridized carbons (Fsp3) is 0.391. The Balaban J connectivity index is 1.12. The number of benzene rings is 2. The van der Waals surface area contributed by atoms with E-state index in [2.05, 4.69) is 32.7 Å². The average molecular weight is 948 g/mol. The van der Waals surface area contributed by atoms with Gasteiger partial charge in [0.1, 0.15) is 40.5 Å². The second-order valence-electron chi connectivity index (χ2n) is 16.6. The van der Waals surface area contributed by atoms with E-state index < -0.39 is 33.7 Å². The highest BCUT2D eigenvalue weighted by Gasteiger charge is 2.41. The number of allylic oxidation sites excluding steroid dienone is 2. The number of ether oxygens (including phenoxy) is 2. The van der Waals surface area contributed by atoms with Gasteiger partial charge >= 0.3 is 0 Å². The van der Waals surface area contributed by atoms with Crippen molar-refractivity contribution in [3.05, 3.63) is 82.5 Å². The molecule has 0 radical (unpaired) electrons. The lowest BCUT2D eigenvalue weighted by atomic mass is 9.99. The van der Waals surface area contributed by atoms with Gasteiger partial charge in [-0.25, -0.2) is 22.7 Å². The topological polar surface area (TPSA) is 272 Å². The third kappa shape index (κ3) is 9.66. The molecule has 8 rings (SSSR count). The number of methoxy groups -OCH3 is 1. The van der Waals surface area contributed by atoms with Crippen LogP contribution in [-0.4, -0.2) is 107 Å². The monoisotopic (exact) mass is 947 g/mol. The number of carbonyl (C=O) groups excluding carboxylic acids is 4. The van der Waals surface area contributed by atoms with Gasteiger partial charge in [0, 0.05) is 56.3 Å². The summed E-state index contributed by atoms with van der Waals surface area (Å²) in [7, 11) is -1.80. The lowest BCUT2D eigenvalue weighted by Crippen LogP contribution is -2.40. The van der Waals surface area contributed by atoms with Crippen LogP contribution in [0.15, 0.2) is 48.6 Å². The number of aryl methyl sites for hydroxylation is 4. The Morgan fingerprint density at radius 3 is 1.69 bits per heavy atom. The van der Waals surface area contributed by atoms with Gasteiger partial charge in [-0.05, 0) is 89.8 Å². The number of fused-ring (bicyclic) bond motifs is 2. The van der Waals surface area contributed by atoms with E-state index in [4.69, 9.17) is 30.9 Å². The maximum atomic E-state index is 13.9. The molecule has 2 aromatic carbocycles. The molecule has 0 bridgehead atoms. The minimum atomic E-state index is -3.25. The zero-order valence-corrected chi connectivity index (χ0v) is 39.2. The van der Waals surface area contributed by atoms with Crippen LogP contribution in [0.5, 0.6) is 11.5 Å². The molecule has 5 heterocycles. The van der Waals surface area contributed by atoms with Crippen molar-refractivity contribution in [3.63, 3.8) is 0 Å². The quantitative estimate of drug-likeness (QED) is 0.0747. The van der Waals surface area contributed by atoms with Crippen molar-refractivity contribution in [1.82, 2.24) is 43.0 Å². The van der Waals surface area contributed by atoms with Crippen LogP contribution in [0.4, 0.5) is 11.9 Å². The molecule has 356 valence electrons. The first-order valence-electron chi connectivity index (χ1n) is 22.3. The van der Waals surface area contributed by atoms with E-state index in [1.54, 1.807) is 48.8 Å². The molecule has 4 aromatic heterocycles. The molecule has 6 N–H and O–H groups in total. The smallest absolute Gasteiger partial charge is 0.276 e. The zero-order valence-electron chi connectivity index (χ0n) is 38.4. The van der Waals surface area contributed by atoms with Crippen molar-refractivity contribution in [1.29, 1.82) is 0 Å². The summed E-state index contributed by atoms with van der Waals surface area (Å²) < 4.78 is 45.7. The molecule has 1 aliphatic carbocycles. The van der Waals surface area contributed by atoms with Gasteiger partial charge in [0.15, 0.2) is 0 Å². The second-order valence-corrected chi connectivity index (χ2v) is 18.8. The Morgan fingerprint density at radius 1 is 0.750 bits per heavy atom. The van der Waals surface area contributed by atoms with Crippen molar-refractivity contribution < 1.29 is 37.1 Å². The molecule has 0 unspecified atom stereocenters. The van der Waals surface area contributed by atoms with E-state index in [9.17, 15) is 27.6 Å². The number of anilines is 2. The standard InChI is InChI=1S/C46H53N13O8S/c1-6-58-35(21-27(3)53-58)43(62)51-45-49-33-23-30(41(47)60)25-37(66-5)39(33)56(45)16-8-9-17-57-40-34(50-46(57)52-44(63)36-22-28(4)54-59(36)7-2)24-31(42(48)61)26-38(40)67-20-10-11-29-14-18-55(19-15-29)68(64,65)32-12-13-32/h8-9,21-26,29,32H,6-7,12-20H2,1-5H3,(H2,47,60)(H2,48,61)(H,49,51,62)(H,50,52,63). The van der Waals surface area contributed by atoms with E-state index in [0.29, 0.717) is 102 Å². The van der Waals surface area contributed by atoms with Gasteiger partial charge in [-0.2, -0.15) is 10.2 Å². The first-order chi connectivity index (χ1) is 32.6. The number of carbonyl (C=O) groups is 4. The van der Waals surface area contributed by atoms with Gasteiger partial charge < -0.3 is 30.1 Å². The number of nitrogens with zero attached hydrogens (tertiary/aromatic N) is 9. The first-order valence-corrected chi connectivity index (χ1v) is 23.8. The number of hydrogen-bond acceptors (Lipinski definition) is 12. The molecule has 1 saturated carbocycles. The Kier molecular flexibility index (Phi) is 13.4. The van der Waals surface area contributed by atoms with Crippen LogP contribution >= 0.6 is 0 Å². The number of aromatic nitrogens is 8. The summed E-state index contributed by atoms with van der Waals surface area (Å²) in [4.78, 5) is 62.0. The van der Waals surface area contributed by atoms with Gasteiger partial charge in [0.2, 0.25) is 33.7 Å². The maximum Gasteiger partial charge on any atom is 0.276 e. The summed E-state index contributed by atoms with van der Waals surface area (Å²) in [5.41, 5.74) is 15.2. The average Bonchev–Trinajstić information content (AvgIpc) is 3.72. The minimum absolute atomic E-state index is 0.0189. The Hall–Kier alpha value is -7.51. The Morgan fingerprint density at radius 2 is 1.24 bits per heavy atom. The maximum absolute atomic E-state index is 13.9. The third-order valence-corrected chi connectivity index (χ3v) is 14.2. The first kappa shape index (κ1) is 47.0. The highest BCUT2D eigenvalue weighted by atomic mass is 32.2. The van der Waals surface area contributed by atoms with Crippen LogP contribution in [0.2, 0.25) is 0 Å². The van der Waals surface area contributed by atoms with Gasteiger partial charge in [0.25, 0.3) is 11.8 Å². The highest BCUT2D eigenvalue weighted by Crippen LogP contribution is 2.35. The summed E-state index contributed by atoms with van der Waals surface area (Å²) in [6.07, 6.45) is 6.27. The second kappa shape index (κ2) is 19.4. The van der Waals surface area contributed by atoms with Gasteiger partial charge in [-0.3, -0.25) is 39.2 Å². The molecule has 2 aliphatic rings. The molecular weight excluding hydrogens is 895 g/mol. The molecule has 2 fully saturated rings. The number of hydrogen-bond donors (Lipinski definition) is 4. The fourth-order valence-electron chi connectivity index (χ4n) is 8.32. The predicted octanol–water partition coefficient (Wildman–Crippen LogP) is 3.99. The van der Waals surface area contributed by atoms with E-state index >= 15 is 0 Å². The van der Waals surface area contributed by atoms with Crippen molar-refractivity contribution in [2.24, 2.45) is 17.4 Å². The number of nitrogens with one attached hydrogen (secondary N) is 2. The summed E-state index contributed by atoms with van der Waals surface area (Å²) in [5, 5.41) is 14.4. The largest absolute Gasteiger partial charge is 0.494 e. The van der Waals surface area contributed by atoms with Gasteiger partial charge in [-0.15, -0.1) is 0 Å². The van der Waals surface area contributed by atoms with Gasteiger partial charge in [0.05, 0.1) is 34.8 Å². The number of nitrogens with two attached hydrogens (primary N) is 2. The van der Waals surface area contributed by atoms with Crippen LogP contribution in [0, 0.1) is 31.6 Å². The summed E-state index contributed by atoms with van der Waals surface area (Å²) >= 11 is 0. The molecule has 0 atom stereocenters. The molecule has 6 aromatic rings. The van der Waals surface area contributed by atoms with Crippen LogP contribution in [0.1, 0.15) is 92.6 Å².